The fraction of sp³-hybridized carbons (Fsp3) is 0.538. The van der Waals surface area contributed by atoms with E-state index in [0.717, 1.165) is 16.6 Å². The van der Waals surface area contributed by atoms with Crippen LogP contribution in [0.2, 0.25) is 0 Å². The highest BCUT2D eigenvalue weighted by atomic mass is 32.2. The van der Waals surface area contributed by atoms with Gasteiger partial charge in [0.25, 0.3) is 0 Å². The summed E-state index contributed by atoms with van der Waals surface area (Å²) in [4.78, 5) is 0. The second kappa shape index (κ2) is 6.38. The molecule has 0 radical (unpaired) electrons. The predicted molar refractivity (Wildman–Crippen MR) is 71.2 cm³/mol. The molecular formula is C13H19FN2S. The molecule has 1 aliphatic rings. The van der Waals surface area contributed by atoms with Crippen molar-refractivity contribution in [2.45, 2.75) is 37.0 Å². The lowest BCUT2D eigenvalue weighted by Gasteiger charge is -2.18. The van der Waals surface area contributed by atoms with Crippen LogP contribution >= 0.6 is 11.8 Å². The fourth-order valence-corrected chi connectivity index (χ4v) is 3.64. The standard InChI is InChI=1S/C13H19FN2S/c14-11-7-5-10(6-8-11)13(16-15)9-17-12-3-1-2-4-12/h5-8,12-13,16H,1-4,9,15H2. The van der Waals surface area contributed by atoms with Crippen LogP contribution in [0.25, 0.3) is 0 Å². The molecule has 0 aromatic heterocycles. The van der Waals surface area contributed by atoms with Gasteiger partial charge in [0.2, 0.25) is 0 Å². The zero-order chi connectivity index (χ0) is 12.1. The molecular weight excluding hydrogens is 235 g/mol. The van der Waals surface area contributed by atoms with Crippen LogP contribution < -0.4 is 11.3 Å². The molecule has 1 aromatic carbocycles. The zero-order valence-electron chi connectivity index (χ0n) is 9.86. The van der Waals surface area contributed by atoms with Crippen molar-refractivity contribution in [1.82, 2.24) is 5.43 Å². The maximum absolute atomic E-state index is 12.8. The summed E-state index contributed by atoms with van der Waals surface area (Å²) >= 11 is 1.98. The Labute approximate surface area is 106 Å². The van der Waals surface area contributed by atoms with Crippen molar-refractivity contribution in [2.24, 2.45) is 5.84 Å². The maximum atomic E-state index is 12.8. The minimum Gasteiger partial charge on any atom is -0.271 e. The molecule has 1 saturated carbocycles. The highest BCUT2D eigenvalue weighted by Gasteiger charge is 2.18. The highest BCUT2D eigenvalue weighted by molar-refractivity contribution is 7.99. The third kappa shape index (κ3) is 3.69. The molecule has 94 valence electrons. The SMILES string of the molecule is NNC(CSC1CCCC1)c1ccc(F)cc1. The first-order valence-electron chi connectivity index (χ1n) is 6.13. The maximum Gasteiger partial charge on any atom is 0.123 e. The molecule has 1 fully saturated rings. The van der Waals surface area contributed by atoms with Crippen LogP contribution in [0.1, 0.15) is 37.3 Å². The van der Waals surface area contributed by atoms with Crippen LogP contribution in [0.4, 0.5) is 4.39 Å². The Morgan fingerprint density at radius 3 is 2.53 bits per heavy atom. The van der Waals surface area contributed by atoms with E-state index < -0.39 is 0 Å². The van der Waals surface area contributed by atoms with Crippen LogP contribution in [0, 0.1) is 5.82 Å². The molecule has 0 saturated heterocycles. The molecule has 2 rings (SSSR count). The van der Waals surface area contributed by atoms with Crippen molar-refractivity contribution in [3.63, 3.8) is 0 Å². The van der Waals surface area contributed by atoms with Crippen molar-refractivity contribution >= 4 is 11.8 Å². The van der Waals surface area contributed by atoms with Gasteiger partial charge in [-0.2, -0.15) is 11.8 Å². The Bertz CT molecular complexity index is 336. The third-order valence-corrected chi connectivity index (χ3v) is 4.74. The number of benzene rings is 1. The molecule has 2 nitrogen and oxygen atoms in total. The third-order valence-electron chi connectivity index (χ3n) is 3.27. The van der Waals surface area contributed by atoms with E-state index in [4.69, 9.17) is 5.84 Å². The van der Waals surface area contributed by atoms with E-state index in [1.807, 2.05) is 11.8 Å². The summed E-state index contributed by atoms with van der Waals surface area (Å²) in [5.41, 5.74) is 3.87. The average Bonchev–Trinajstić information content (AvgIpc) is 2.85. The van der Waals surface area contributed by atoms with Gasteiger partial charge in [-0.1, -0.05) is 25.0 Å². The van der Waals surface area contributed by atoms with Gasteiger partial charge in [-0.3, -0.25) is 11.3 Å². The first kappa shape index (κ1) is 12.9. The van der Waals surface area contributed by atoms with Crippen LogP contribution in [0.3, 0.4) is 0 Å². The number of thioether (sulfide) groups is 1. The summed E-state index contributed by atoms with van der Waals surface area (Å²) in [5, 5.41) is 0.784. The second-order valence-corrected chi connectivity index (χ2v) is 5.84. The van der Waals surface area contributed by atoms with E-state index in [9.17, 15) is 4.39 Å². The largest absolute Gasteiger partial charge is 0.271 e. The Balaban J connectivity index is 1.89. The Hall–Kier alpha value is -0.580. The van der Waals surface area contributed by atoms with Crippen LogP contribution in [0.15, 0.2) is 24.3 Å². The van der Waals surface area contributed by atoms with E-state index in [0.29, 0.717) is 0 Å². The fourth-order valence-electron chi connectivity index (χ4n) is 2.22. The minimum atomic E-state index is -0.201. The predicted octanol–water partition coefficient (Wildman–Crippen LogP) is 3.01. The molecule has 1 aliphatic carbocycles. The van der Waals surface area contributed by atoms with Gasteiger partial charge in [0, 0.05) is 11.0 Å². The van der Waals surface area contributed by atoms with E-state index in [2.05, 4.69) is 5.43 Å². The Morgan fingerprint density at radius 1 is 1.29 bits per heavy atom. The molecule has 0 heterocycles. The number of halogens is 1. The molecule has 1 atom stereocenters. The van der Waals surface area contributed by atoms with Crippen LogP contribution in [0.5, 0.6) is 0 Å². The number of hydrazine groups is 1. The molecule has 0 bridgehead atoms. The van der Waals surface area contributed by atoms with Crippen LogP contribution in [-0.2, 0) is 0 Å². The first-order chi connectivity index (χ1) is 8.29. The van der Waals surface area contributed by atoms with Crippen molar-refractivity contribution in [3.8, 4) is 0 Å². The van der Waals surface area contributed by atoms with Gasteiger partial charge >= 0.3 is 0 Å². The topological polar surface area (TPSA) is 38.0 Å². The van der Waals surface area contributed by atoms with Gasteiger partial charge in [-0.25, -0.2) is 4.39 Å². The zero-order valence-corrected chi connectivity index (χ0v) is 10.7. The normalized spacial score (nSPS) is 18.5. The van der Waals surface area contributed by atoms with Gasteiger partial charge in [0.05, 0.1) is 6.04 Å². The van der Waals surface area contributed by atoms with E-state index in [1.54, 1.807) is 12.1 Å². The lowest BCUT2D eigenvalue weighted by molar-refractivity contribution is 0.600. The lowest BCUT2D eigenvalue weighted by atomic mass is 10.1. The number of rotatable bonds is 5. The molecule has 17 heavy (non-hydrogen) atoms. The van der Waals surface area contributed by atoms with Gasteiger partial charge < -0.3 is 0 Å². The van der Waals surface area contributed by atoms with E-state index >= 15 is 0 Å². The van der Waals surface area contributed by atoms with Gasteiger partial charge in [-0.15, -0.1) is 0 Å². The number of hydrogen-bond acceptors (Lipinski definition) is 3. The number of nitrogens with one attached hydrogen (secondary N) is 1. The summed E-state index contributed by atoms with van der Waals surface area (Å²) < 4.78 is 12.8. The lowest BCUT2D eigenvalue weighted by Crippen LogP contribution is -2.30. The molecule has 0 spiro atoms. The molecule has 0 amide bonds. The summed E-state index contributed by atoms with van der Waals surface area (Å²) in [7, 11) is 0. The van der Waals surface area contributed by atoms with Gasteiger partial charge in [0.15, 0.2) is 0 Å². The first-order valence-corrected chi connectivity index (χ1v) is 7.17. The molecule has 4 heteroatoms. The van der Waals surface area contributed by atoms with Gasteiger partial charge in [0.1, 0.15) is 5.82 Å². The highest BCUT2D eigenvalue weighted by Crippen LogP contribution is 2.31. The molecule has 0 aliphatic heterocycles. The molecule has 1 unspecified atom stereocenters. The number of nitrogens with two attached hydrogens (primary N) is 1. The van der Waals surface area contributed by atoms with Crippen LogP contribution in [-0.4, -0.2) is 11.0 Å². The minimum absolute atomic E-state index is 0.112. The number of hydrogen-bond donors (Lipinski definition) is 2. The quantitative estimate of drug-likeness (QED) is 0.626. The van der Waals surface area contributed by atoms with Crippen molar-refractivity contribution < 1.29 is 4.39 Å². The molecule has 1 aromatic rings. The Kier molecular flexibility index (Phi) is 4.83. The summed E-state index contributed by atoms with van der Waals surface area (Å²) in [6.07, 6.45) is 5.36. The summed E-state index contributed by atoms with van der Waals surface area (Å²) in [6.45, 7) is 0. The van der Waals surface area contributed by atoms with Crippen molar-refractivity contribution in [3.05, 3.63) is 35.6 Å². The van der Waals surface area contributed by atoms with E-state index in [-0.39, 0.29) is 11.9 Å². The van der Waals surface area contributed by atoms with Crippen molar-refractivity contribution in [2.75, 3.05) is 5.75 Å². The van der Waals surface area contributed by atoms with Gasteiger partial charge in [-0.05, 0) is 30.5 Å². The van der Waals surface area contributed by atoms with E-state index in [1.165, 1.54) is 37.8 Å². The second-order valence-electron chi connectivity index (χ2n) is 4.51. The monoisotopic (exact) mass is 254 g/mol. The summed E-state index contributed by atoms with van der Waals surface area (Å²) in [6, 6.07) is 6.69. The Morgan fingerprint density at radius 2 is 1.94 bits per heavy atom. The smallest absolute Gasteiger partial charge is 0.123 e. The van der Waals surface area contributed by atoms with Crippen molar-refractivity contribution in [1.29, 1.82) is 0 Å². The average molecular weight is 254 g/mol. The summed E-state index contributed by atoms with van der Waals surface area (Å²) in [5.74, 6) is 6.32. The molecule has 3 N–H and O–H groups in total.